The Hall–Kier alpha value is -1.85. The average molecular weight is 294 g/mol. The zero-order valence-corrected chi connectivity index (χ0v) is 11.7. The fourth-order valence-electron chi connectivity index (χ4n) is 2.38. The van der Waals surface area contributed by atoms with Crippen molar-refractivity contribution in [2.45, 2.75) is 12.6 Å². The standard InChI is InChI=1S/C16H17F3N2/c1-21(10-11-4-2-5-12(17)8-11)15(9-20)16-13(18)6-3-7-14(16)19/h2-8,15H,9-10,20H2,1H3. The molecule has 0 aliphatic rings. The van der Waals surface area contributed by atoms with Gasteiger partial charge < -0.3 is 5.73 Å². The van der Waals surface area contributed by atoms with Crippen molar-refractivity contribution in [3.63, 3.8) is 0 Å². The summed E-state index contributed by atoms with van der Waals surface area (Å²) in [5.41, 5.74) is 6.34. The van der Waals surface area contributed by atoms with Crippen molar-refractivity contribution in [3.05, 3.63) is 71.0 Å². The normalized spacial score (nSPS) is 12.7. The minimum Gasteiger partial charge on any atom is -0.329 e. The second kappa shape index (κ2) is 6.74. The number of rotatable bonds is 5. The number of benzene rings is 2. The number of likely N-dealkylation sites (N-methyl/N-ethyl adjacent to an activating group) is 1. The van der Waals surface area contributed by atoms with E-state index < -0.39 is 17.7 Å². The predicted octanol–water partition coefficient (Wildman–Crippen LogP) is 3.24. The third-order valence-electron chi connectivity index (χ3n) is 3.41. The minimum absolute atomic E-state index is 0.0566. The fourth-order valence-corrected chi connectivity index (χ4v) is 2.38. The van der Waals surface area contributed by atoms with Crippen LogP contribution in [-0.2, 0) is 6.54 Å². The van der Waals surface area contributed by atoms with Crippen LogP contribution in [-0.4, -0.2) is 18.5 Å². The van der Waals surface area contributed by atoms with Gasteiger partial charge in [-0.1, -0.05) is 18.2 Å². The molecule has 2 aromatic rings. The Morgan fingerprint density at radius 3 is 2.24 bits per heavy atom. The molecule has 0 saturated heterocycles. The van der Waals surface area contributed by atoms with E-state index in [-0.39, 0.29) is 17.9 Å². The quantitative estimate of drug-likeness (QED) is 0.917. The first kappa shape index (κ1) is 15.5. The van der Waals surface area contributed by atoms with E-state index in [0.717, 1.165) is 0 Å². The first-order chi connectivity index (χ1) is 10.0. The zero-order valence-electron chi connectivity index (χ0n) is 11.7. The van der Waals surface area contributed by atoms with Gasteiger partial charge in [-0.3, -0.25) is 4.90 Å². The van der Waals surface area contributed by atoms with Crippen LogP contribution < -0.4 is 5.73 Å². The number of halogens is 3. The van der Waals surface area contributed by atoms with Crippen molar-refractivity contribution >= 4 is 0 Å². The number of nitrogens with two attached hydrogens (primary N) is 1. The maximum atomic E-state index is 13.9. The first-order valence-electron chi connectivity index (χ1n) is 6.61. The Morgan fingerprint density at radius 1 is 1.05 bits per heavy atom. The minimum atomic E-state index is -0.628. The maximum absolute atomic E-state index is 13.9. The second-order valence-corrected chi connectivity index (χ2v) is 4.93. The molecule has 0 amide bonds. The van der Waals surface area contributed by atoms with Gasteiger partial charge in [0.05, 0.1) is 6.04 Å². The van der Waals surface area contributed by atoms with Crippen molar-refractivity contribution < 1.29 is 13.2 Å². The van der Waals surface area contributed by atoms with Crippen LogP contribution in [0, 0.1) is 17.5 Å². The Labute approximate surface area is 122 Å². The molecule has 0 aromatic heterocycles. The van der Waals surface area contributed by atoms with E-state index in [1.54, 1.807) is 24.1 Å². The molecule has 1 unspecified atom stereocenters. The zero-order chi connectivity index (χ0) is 15.4. The van der Waals surface area contributed by atoms with Gasteiger partial charge in [-0.25, -0.2) is 13.2 Å². The largest absolute Gasteiger partial charge is 0.329 e. The van der Waals surface area contributed by atoms with Gasteiger partial charge >= 0.3 is 0 Å². The highest BCUT2D eigenvalue weighted by molar-refractivity contribution is 5.24. The van der Waals surface area contributed by atoms with Gasteiger partial charge in [0, 0.05) is 18.7 Å². The van der Waals surface area contributed by atoms with E-state index in [4.69, 9.17) is 5.73 Å². The van der Waals surface area contributed by atoms with Crippen molar-refractivity contribution in [2.24, 2.45) is 5.73 Å². The number of hydrogen-bond acceptors (Lipinski definition) is 2. The maximum Gasteiger partial charge on any atom is 0.130 e. The van der Waals surface area contributed by atoms with E-state index in [0.29, 0.717) is 12.1 Å². The lowest BCUT2D eigenvalue weighted by molar-refractivity contribution is 0.231. The lowest BCUT2D eigenvalue weighted by Crippen LogP contribution is -2.31. The van der Waals surface area contributed by atoms with Gasteiger partial charge in [-0.05, 0) is 36.9 Å². The summed E-state index contributed by atoms with van der Waals surface area (Å²) in [6, 6.07) is 9.20. The molecular formula is C16H17F3N2. The fraction of sp³-hybridized carbons (Fsp3) is 0.250. The van der Waals surface area contributed by atoms with E-state index in [2.05, 4.69) is 0 Å². The summed E-state index contributed by atoms with van der Waals surface area (Å²) in [5.74, 6) is -1.60. The smallest absolute Gasteiger partial charge is 0.130 e. The highest BCUT2D eigenvalue weighted by atomic mass is 19.1. The average Bonchev–Trinajstić information content (AvgIpc) is 2.43. The summed E-state index contributed by atoms with van der Waals surface area (Å²) in [6.45, 7) is 0.400. The molecular weight excluding hydrogens is 277 g/mol. The van der Waals surface area contributed by atoms with Crippen molar-refractivity contribution in [2.75, 3.05) is 13.6 Å². The van der Waals surface area contributed by atoms with Crippen LogP contribution in [0.3, 0.4) is 0 Å². The molecule has 1 atom stereocenters. The van der Waals surface area contributed by atoms with Gasteiger partial charge in [0.2, 0.25) is 0 Å². The monoisotopic (exact) mass is 294 g/mol. The summed E-state index contributed by atoms with van der Waals surface area (Å²) in [7, 11) is 1.70. The van der Waals surface area contributed by atoms with Crippen molar-refractivity contribution in [3.8, 4) is 0 Å². The summed E-state index contributed by atoms with van der Waals surface area (Å²) in [4.78, 5) is 1.70. The Bertz CT molecular complexity index is 596. The number of nitrogens with zero attached hydrogens (tertiary/aromatic N) is 1. The predicted molar refractivity (Wildman–Crippen MR) is 76.0 cm³/mol. The molecule has 2 aromatic carbocycles. The Kier molecular flexibility index (Phi) is 4.98. The van der Waals surface area contributed by atoms with E-state index in [9.17, 15) is 13.2 Å². The van der Waals surface area contributed by atoms with Crippen LogP contribution in [0.1, 0.15) is 17.2 Å². The van der Waals surface area contributed by atoms with Crippen molar-refractivity contribution in [1.29, 1.82) is 0 Å². The van der Waals surface area contributed by atoms with Gasteiger partial charge in [0.15, 0.2) is 0 Å². The molecule has 0 bridgehead atoms. The molecule has 5 heteroatoms. The molecule has 0 saturated carbocycles. The van der Waals surface area contributed by atoms with Gasteiger partial charge in [0.25, 0.3) is 0 Å². The molecule has 0 heterocycles. The molecule has 0 aliphatic carbocycles. The molecule has 0 spiro atoms. The van der Waals surface area contributed by atoms with Crippen LogP contribution >= 0.6 is 0 Å². The van der Waals surface area contributed by atoms with Gasteiger partial charge in [-0.2, -0.15) is 0 Å². The van der Waals surface area contributed by atoms with Crippen LogP contribution in [0.25, 0.3) is 0 Å². The summed E-state index contributed by atoms with van der Waals surface area (Å²) >= 11 is 0. The van der Waals surface area contributed by atoms with Crippen LogP contribution in [0.5, 0.6) is 0 Å². The lowest BCUT2D eigenvalue weighted by Gasteiger charge is -2.28. The molecule has 21 heavy (non-hydrogen) atoms. The summed E-state index contributed by atoms with van der Waals surface area (Å²) in [5, 5.41) is 0. The highest BCUT2D eigenvalue weighted by Crippen LogP contribution is 2.25. The van der Waals surface area contributed by atoms with Gasteiger partial charge in [-0.15, -0.1) is 0 Å². The third kappa shape index (κ3) is 3.62. The van der Waals surface area contributed by atoms with Crippen LogP contribution in [0.2, 0.25) is 0 Å². The van der Waals surface area contributed by atoms with E-state index in [1.807, 2.05) is 0 Å². The molecule has 0 radical (unpaired) electrons. The van der Waals surface area contributed by atoms with Crippen molar-refractivity contribution in [1.82, 2.24) is 4.90 Å². The summed E-state index contributed by atoms with van der Waals surface area (Å²) < 4.78 is 40.9. The molecule has 2 nitrogen and oxygen atoms in total. The second-order valence-electron chi connectivity index (χ2n) is 4.93. The molecule has 2 rings (SSSR count). The first-order valence-corrected chi connectivity index (χ1v) is 6.61. The van der Waals surface area contributed by atoms with E-state index in [1.165, 1.54) is 30.3 Å². The third-order valence-corrected chi connectivity index (χ3v) is 3.41. The Balaban J connectivity index is 2.25. The molecule has 0 fully saturated rings. The highest BCUT2D eigenvalue weighted by Gasteiger charge is 2.22. The molecule has 2 N–H and O–H groups in total. The lowest BCUT2D eigenvalue weighted by atomic mass is 10.0. The van der Waals surface area contributed by atoms with Crippen LogP contribution in [0.4, 0.5) is 13.2 Å². The molecule has 0 aliphatic heterocycles. The number of hydrogen-bond donors (Lipinski definition) is 1. The van der Waals surface area contributed by atoms with Gasteiger partial charge in [0.1, 0.15) is 17.5 Å². The topological polar surface area (TPSA) is 29.3 Å². The SMILES string of the molecule is CN(Cc1cccc(F)c1)C(CN)c1c(F)cccc1F. The Morgan fingerprint density at radius 2 is 1.67 bits per heavy atom. The van der Waals surface area contributed by atoms with E-state index >= 15 is 0 Å². The van der Waals surface area contributed by atoms with Crippen LogP contribution in [0.15, 0.2) is 42.5 Å². The summed E-state index contributed by atoms with van der Waals surface area (Å²) in [6.07, 6.45) is 0. The molecule has 112 valence electrons.